The third-order valence-corrected chi connectivity index (χ3v) is 3.95. The molecule has 1 aromatic rings. The van der Waals surface area contributed by atoms with Crippen molar-refractivity contribution >= 4 is 28.3 Å². The number of aliphatic hydroxyl groups is 1. The van der Waals surface area contributed by atoms with Crippen molar-refractivity contribution in [2.75, 3.05) is 26.2 Å². The third-order valence-electron chi connectivity index (χ3n) is 3.42. The zero-order valence-electron chi connectivity index (χ0n) is 11.6. The molecule has 114 valence electrons. The van der Waals surface area contributed by atoms with Crippen LogP contribution in [0.5, 0.6) is 5.75 Å². The zero-order chi connectivity index (χ0) is 13.5. The second-order valence-electron chi connectivity index (χ2n) is 5.13. The molecule has 20 heavy (non-hydrogen) atoms. The molecule has 0 spiro atoms. The normalized spacial score (nSPS) is 17.9. The molecule has 3 nitrogen and oxygen atoms in total. The average molecular weight is 365 g/mol. The van der Waals surface area contributed by atoms with Gasteiger partial charge >= 0.3 is 0 Å². The number of hydrogen-bond acceptors (Lipinski definition) is 3. The lowest BCUT2D eigenvalue weighted by atomic mass is 10.2. The van der Waals surface area contributed by atoms with Gasteiger partial charge < -0.3 is 14.7 Å². The first-order valence-electron chi connectivity index (χ1n) is 7.03. The minimum absolute atomic E-state index is 0. The predicted octanol–water partition coefficient (Wildman–Crippen LogP) is 3.49. The highest BCUT2D eigenvalue weighted by atomic mass is 79.9. The van der Waals surface area contributed by atoms with Gasteiger partial charge in [-0.2, -0.15) is 0 Å². The fourth-order valence-corrected chi connectivity index (χ4v) is 2.66. The van der Waals surface area contributed by atoms with E-state index in [4.69, 9.17) is 4.74 Å². The molecule has 1 unspecified atom stereocenters. The van der Waals surface area contributed by atoms with E-state index in [0.29, 0.717) is 6.61 Å². The molecule has 1 atom stereocenters. The van der Waals surface area contributed by atoms with E-state index in [2.05, 4.69) is 20.8 Å². The second kappa shape index (κ2) is 9.61. The van der Waals surface area contributed by atoms with Crippen LogP contribution in [0.4, 0.5) is 0 Å². The maximum Gasteiger partial charge on any atom is 0.119 e. The van der Waals surface area contributed by atoms with Crippen LogP contribution in [0.2, 0.25) is 0 Å². The van der Waals surface area contributed by atoms with E-state index in [1.165, 1.54) is 25.7 Å². The third kappa shape index (κ3) is 6.44. The molecule has 2 rings (SSSR count). The van der Waals surface area contributed by atoms with Crippen molar-refractivity contribution in [2.45, 2.75) is 31.8 Å². The van der Waals surface area contributed by atoms with Gasteiger partial charge in [-0.1, -0.05) is 28.8 Å². The molecule has 0 saturated carbocycles. The van der Waals surface area contributed by atoms with Crippen molar-refractivity contribution in [3.05, 3.63) is 28.7 Å². The summed E-state index contributed by atoms with van der Waals surface area (Å²) in [6.07, 6.45) is 4.73. The molecule has 0 bridgehead atoms. The van der Waals surface area contributed by atoms with Gasteiger partial charge in [0.2, 0.25) is 0 Å². The highest BCUT2D eigenvalue weighted by molar-refractivity contribution is 9.10. The molecule has 1 aliphatic rings. The van der Waals surface area contributed by atoms with E-state index in [-0.39, 0.29) is 12.4 Å². The van der Waals surface area contributed by atoms with Crippen LogP contribution in [0.25, 0.3) is 0 Å². The van der Waals surface area contributed by atoms with Gasteiger partial charge in [-0.25, -0.2) is 0 Å². The average Bonchev–Trinajstić information content (AvgIpc) is 2.67. The summed E-state index contributed by atoms with van der Waals surface area (Å²) in [4.78, 5) is 2.35. The number of hydrogen-bond donors (Lipinski definition) is 1. The molecule has 0 amide bonds. The van der Waals surface area contributed by atoms with Crippen molar-refractivity contribution in [3.8, 4) is 5.75 Å². The van der Waals surface area contributed by atoms with E-state index in [1.807, 2.05) is 24.3 Å². The summed E-state index contributed by atoms with van der Waals surface area (Å²) in [6.45, 7) is 3.29. The standard InChI is InChI=1S/C15H22BrNO2.ClH/c16-13-5-7-15(8-6-13)19-12-14(18)11-17-9-3-1-2-4-10-17;/h5-8,14,18H,1-4,9-12H2;1H. The number of rotatable bonds is 5. The van der Waals surface area contributed by atoms with Crippen LogP contribution < -0.4 is 4.74 Å². The van der Waals surface area contributed by atoms with Crippen molar-refractivity contribution in [2.24, 2.45) is 0 Å². The number of nitrogens with zero attached hydrogens (tertiary/aromatic N) is 1. The monoisotopic (exact) mass is 363 g/mol. The van der Waals surface area contributed by atoms with Gasteiger partial charge in [0.15, 0.2) is 0 Å². The molecule has 1 aliphatic heterocycles. The van der Waals surface area contributed by atoms with E-state index in [1.54, 1.807) is 0 Å². The smallest absolute Gasteiger partial charge is 0.119 e. The van der Waals surface area contributed by atoms with Crippen molar-refractivity contribution in [1.29, 1.82) is 0 Å². The molecule has 0 aliphatic carbocycles. The molecule has 1 heterocycles. The minimum Gasteiger partial charge on any atom is -0.491 e. The highest BCUT2D eigenvalue weighted by Gasteiger charge is 2.14. The van der Waals surface area contributed by atoms with Gasteiger partial charge in [-0.15, -0.1) is 12.4 Å². The summed E-state index contributed by atoms with van der Waals surface area (Å²) < 4.78 is 6.63. The van der Waals surface area contributed by atoms with Gasteiger partial charge in [0.1, 0.15) is 18.5 Å². The summed E-state index contributed by atoms with van der Waals surface area (Å²) in [7, 11) is 0. The fourth-order valence-electron chi connectivity index (χ4n) is 2.39. The van der Waals surface area contributed by atoms with Gasteiger partial charge in [0.25, 0.3) is 0 Å². The van der Waals surface area contributed by atoms with Crippen LogP contribution in [0.1, 0.15) is 25.7 Å². The van der Waals surface area contributed by atoms with Gasteiger partial charge in [0.05, 0.1) is 0 Å². The lowest BCUT2D eigenvalue weighted by Crippen LogP contribution is -2.36. The first-order valence-corrected chi connectivity index (χ1v) is 7.82. The summed E-state index contributed by atoms with van der Waals surface area (Å²) in [5.41, 5.74) is 0. The lowest BCUT2D eigenvalue weighted by Gasteiger charge is -2.23. The van der Waals surface area contributed by atoms with Crippen LogP contribution in [0.15, 0.2) is 28.7 Å². The quantitative estimate of drug-likeness (QED) is 0.868. The highest BCUT2D eigenvalue weighted by Crippen LogP contribution is 2.16. The molecule has 5 heteroatoms. The first kappa shape index (κ1) is 17.8. The predicted molar refractivity (Wildman–Crippen MR) is 87.8 cm³/mol. The van der Waals surface area contributed by atoms with Crippen LogP contribution in [0, 0.1) is 0 Å². The number of halogens is 2. The Hall–Kier alpha value is -0.290. The Labute approximate surface area is 135 Å². The van der Waals surface area contributed by atoms with E-state index >= 15 is 0 Å². The molecule has 0 aromatic heterocycles. The Morgan fingerprint density at radius 2 is 1.70 bits per heavy atom. The molecular weight excluding hydrogens is 342 g/mol. The van der Waals surface area contributed by atoms with Gasteiger partial charge in [0, 0.05) is 11.0 Å². The van der Waals surface area contributed by atoms with Gasteiger partial charge in [-0.3, -0.25) is 0 Å². The largest absolute Gasteiger partial charge is 0.491 e. The number of aliphatic hydroxyl groups excluding tert-OH is 1. The molecular formula is C15H23BrClNO2. The summed E-state index contributed by atoms with van der Waals surface area (Å²) in [5.74, 6) is 0.804. The topological polar surface area (TPSA) is 32.7 Å². The number of benzene rings is 1. The van der Waals surface area contributed by atoms with Crippen molar-refractivity contribution in [1.82, 2.24) is 4.90 Å². The van der Waals surface area contributed by atoms with Crippen LogP contribution in [-0.2, 0) is 0 Å². The first-order chi connectivity index (χ1) is 9.24. The Kier molecular flexibility index (Phi) is 8.53. The second-order valence-corrected chi connectivity index (χ2v) is 6.05. The van der Waals surface area contributed by atoms with Crippen LogP contribution in [0.3, 0.4) is 0 Å². The molecule has 0 radical (unpaired) electrons. The van der Waals surface area contributed by atoms with Crippen molar-refractivity contribution in [3.63, 3.8) is 0 Å². The number of β-amino-alcohol motifs (C(OH)–C–C–N with tert-alkyl or cyclic N) is 1. The molecule has 1 saturated heterocycles. The minimum atomic E-state index is -0.415. The van der Waals surface area contributed by atoms with Crippen LogP contribution in [-0.4, -0.2) is 42.4 Å². The Balaban J connectivity index is 0.00000200. The maximum atomic E-state index is 10.0. The lowest BCUT2D eigenvalue weighted by molar-refractivity contribution is 0.0693. The SMILES string of the molecule is Cl.OC(COc1ccc(Br)cc1)CN1CCCCCC1. The number of likely N-dealkylation sites (tertiary alicyclic amines) is 1. The molecule has 1 aromatic carbocycles. The maximum absolute atomic E-state index is 10.0. The Morgan fingerprint density at radius 3 is 2.30 bits per heavy atom. The fraction of sp³-hybridized carbons (Fsp3) is 0.600. The van der Waals surface area contributed by atoms with Crippen LogP contribution >= 0.6 is 28.3 Å². The summed E-state index contributed by atoms with van der Waals surface area (Å²) in [6, 6.07) is 7.69. The summed E-state index contributed by atoms with van der Waals surface area (Å²) >= 11 is 3.39. The van der Waals surface area contributed by atoms with E-state index < -0.39 is 6.10 Å². The van der Waals surface area contributed by atoms with E-state index in [0.717, 1.165) is 29.9 Å². The molecule has 1 fully saturated rings. The zero-order valence-corrected chi connectivity index (χ0v) is 14.0. The Morgan fingerprint density at radius 1 is 1.10 bits per heavy atom. The van der Waals surface area contributed by atoms with Crippen molar-refractivity contribution < 1.29 is 9.84 Å². The number of ether oxygens (including phenoxy) is 1. The van der Waals surface area contributed by atoms with Gasteiger partial charge in [-0.05, 0) is 50.2 Å². The van der Waals surface area contributed by atoms with E-state index in [9.17, 15) is 5.11 Å². The molecule has 1 N–H and O–H groups in total. The summed E-state index contributed by atoms with van der Waals surface area (Å²) in [5, 5.41) is 10.0. The Bertz CT molecular complexity index is 367.